The number of aliphatic imine (C=N–C) groups is 1. The number of nitrogens with zero attached hydrogens (tertiary/aromatic N) is 1. The molecular weight excluding hydrogens is 134 g/mol. The van der Waals surface area contributed by atoms with E-state index in [-0.39, 0.29) is 5.54 Å². The van der Waals surface area contributed by atoms with E-state index in [1.54, 1.807) is 0 Å². The molecule has 0 aromatic heterocycles. The molecule has 0 bridgehead atoms. The fraction of sp³-hybridized carbons (Fsp3) is 0.900. The van der Waals surface area contributed by atoms with Gasteiger partial charge in [0.15, 0.2) is 0 Å². The average molecular weight is 155 g/mol. The molecule has 0 amide bonds. The zero-order valence-electron chi connectivity index (χ0n) is 8.73. The summed E-state index contributed by atoms with van der Waals surface area (Å²) in [4.78, 5) is 4.52. The van der Waals surface area contributed by atoms with Crippen molar-refractivity contribution in [3.05, 3.63) is 0 Å². The van der Waals surface area contributed by atoms with Crippen molar-refractivity contribution in [1.29, 1.82) is 0 Å². The van der Waals surface area contributed by atoms with Gasteiger partial charge in [0.25, 0.3) is 0 Å². The smallest absolute Gasteiger partial charge is 0.0557 e. The lowest BCUT2D eigenvalue weighted by atomic mass is 9.95. The van der Waals surface area contributed by atoms with Gasteiger partial charge in [0.1, 0.15) is 0 Å². The third kappa shape index (κ3) is 3.04. The summed E-state index contributed by atoms with van der Waals surface area (Å²) in [5.41, 5.74) is 1.55. The molecule has 1 aliphatic heterocycles. The van der Waals surface area contributed by atoms with E-state index in [1.807, 2.05) is 13.8 Å². The Morgan fingerprint density at radius 2 is 1.82 bits per heavy atom. The van der Waals surface area contributed by atoms with Crippen molar-refractivity contribution in [2.24, 2.45) is 10.9 Å². The molecule has 1 rings (SSSR count). The minimum atomic E-state index is 0.226. The van der Waals surface area contributed by atoms with Gasteiger partial charge in [-0.15, -0.1) is 0 Å². The molecule has 66 valence electrons. The Kier molecular flexibility index (Phi) is 3.77. The molecule has 0 fully saturated rings. The van der Waals surface area contributed by atoms with Crippen LogP contribution in [0.3, 0.4) is 0 Å². The number of rotatable bonds is 0. The summed E-state index contributed by atoms with van der Waals surface area (Å²) in [6.45, 7) is 12.8. The molecule has 11 heavy (non-hydrogen) atoms. The zero-order valence-corrected chi connectivity index (χ0v) is 8.73. The summed E-state index contributed by atoms with van der Waals surface area (Å²) in [5.74, 6) is 0.708. The highest BCUT2D eigenvalue weighted by molar-refractivity contribution is 5.86. The minimum absolute atomic E-state index is 0.226. The molecule has 1 atom stereocenters. The van der Waals surface area contributed by atoms with Crippen molar-refractivity contribution < 1.29 is 0 Å². The molecule has 1 heterocycles. The fourth-order valence-electron chi connectivity index (χ4n) is 1.53. The molecule has 0 aromatic carbocycles. The van der Waals surface area contributed by atoms with Crippen LogP contribution in [0.5, 0.6) is 0 Å². The first kappa shape index (κ1) is 10.7. The van der Waals surface area contributed by atoms with Gasteiger partial charge in [0, 0.05) is 5.71 Å². The van der Waals surface area contributed by atoms with Crippen molar-refractivity contribution in [1.82, 2.24) is 0 Å². The Morgan fingerprint density at radius 1 is 1.36 bits per heavy atom. The maximum Gasteiger partial charge on any atom is 0.0557 e. The largest absolute Gasteiger partial charge is 0.288 e. The SMILES string of the molecule is CC.CC1=NC(C)(C)CC1C. The van der Waals surface area contributed by atoms with E-state index in [0.717, 1.165) is 0 Å². The second kappa shape index (κ2) is 3.89. The van der Waals surface area contributed by atoms with Crippen molar-refractivity contribution >= 4 is 5.71 Å². The zero-order chi connectivity index (χ0) is 9.07. The second-order valence-electron chi connectivity index (χ2n) is 3.67. The molecule has 0 spiro atoms. The van der Waals surface area contributed by atoms with Crippen LogP contribution in [0.1, 0.15) is 48.0 Å². The first-order chi connectivity index (χ1) is 5.01. The first-order valence-electron chi connectivity index (χ1n) is 4.58. The van der Waals surface area contributed by atoms with E-state index in [4.69, 9.17) is 0 Å². The van der Waals surface area contributed by atoms with E-state index in [1.165, 1.54) is 12.1 Å². The third-order valence-electron chi connectivity index (χ3n) is 2.00. The van der Waals surface area contributed by atoms with Gasteiger partial charge in [0.05, 0.1) is 5.54 Å². The minimum Gasteiger partial charge on any atom is -0.288 e. The monoisotopic (exact) mass is 155 g/mol. The van der Waals surface area contributed by atoms with Crippen molar-refractivity contribution in [2.75, 3.05) is 0 Å². The predicted molar refractivity (Wildman–Crippen MR) is 52.3 cm³/mol. The van der Waals surface area contributed by atoms with Crippen LogP contribution >= 0.6 is 0 Å². The molecule has 1 aliphatic rings. The quantitative estimate of drug-likeness (QED) is 0.509. The summed E-state index contributed by atoms with van der Waals surface area (Å²) in [5, 5.41) is 0. The van der Waals surface area contributed by atoms with Crippen LogP contribution in [0.4, 0.5) is 0 Å². The van der Waals surface area contributed by atoms with E-state index in [2.05, 4.69) is 32.7 Å². The maximum atomic E-state index is 4.52. The average Bonchev–Trinajstić information content (AvgIpc) is 2.10. The molecule has 0 saturated heterocycles. The van der Waals surface area contributed by atoms with Gasteiger partial charge < -0.3 is 0 Å². The van der Waals surface area contributed by atoms with Gasteiger partial charge in [-0.25, -0.2) is 0 Å². The predicted octanol–water partition coefficient (Wildman–Crippen LogP) is 3.29. The van der Waals surface area contributed by atoms with Crippen LogP contribution < -0.4 is 0 Å². The van der Waals surface area contributed by atoms with E-state index < -0.39 is 0 Å². The molecule has 0 saturated carbocycles. The number of hydrogen-bond acceptors (Lipinski definition) is 1. The van der Waals surface area contributed by atoms with Crippen LogP contribution in [0.2, 0.25) is 0 Å². The lowest BCUT2D eigenvalue weighted by molar-refractivity contribution is 0.479. The normalized spacial score (nSPS) is 27.1. The molecule has 1 unspecified atom stereocenters. The first-order valence-corrected chi connectivity index (χ1v) is 4.58. The van der Waals surface area contributed by atoms with Crippen molar-refractivity contribution in [3.63, 3.8) is 0 Å². The van der Waals surface area contributed by atoms with E-state index >= 15 is 0 Å². The van der Waals surface area contributed by atoms with E-state index in [0.29, 0.717) is 5.92 Å². The number of hydrogen-bond donors (Lipinski definition) is 0. The Labute approximate surface area is 70.9 Å². The van der Waals surface area contributed by atoms with Crippen LogP contribution in [0, 0.1) is 5.92 Å². The van der Waals surface area contributed by atoms with Crippen LogP contribution in [-0.4, -0.2) is 11.3 Å². The lowest BCUT2D eigenvalue weighted by Gasteiger charge is -2.12. The Hall–Kier alpha value is -0.330. The maximum absolute atomic E-state index is 4.52. The Morgan fingerprint density at radius 3 is 1.91 bits per heavy atom. The summed E-state index contributed by atoms with van der Waals surface area (Å²) in [7, 11) is 0. The highest BCUT2D eigenvalue weighted by atomic mass is 14.9. The lowest BCUT2D eigenvalue weighted by Crippen LogP contribution is -2.12. The highest BCUT2D eigenvalue weighted by Gasteiger charge is 2.27. The van der Waals surface area contributed by atoms with Gasteiger partial charge in [-0.2, -0.15) is 0 Å². The van der Waals surface area contributed by atoms with Gasteiger partial charge in [0.2, 0.25) is 0 Å². The molecule has 0 aromatic rings. The molecule has 0 N–H and O–H groups in total. The third-order valence-corrected chi connectivity index (χ3v) is 2.00. The summed E-state index contributed by atoms with van der Waals surface area (Å²) >= 11 is 0. The van der Waals surface area contributed by atoms with E-state index in [9.17, 15) is 0 Å². The van der Waals surface area contributed by atoms with Gasteiger partial charge in [-0.05, 0) is 33.1 Å². The molecule has 0 aliphatic carbocycles. The summed E-state index contributed by atoms with van der Waals surface area (Å²) in [6.07, 6.45) is 1.22. The van der Waals surface area contributed by atoms with Crippen LogP contribution in [-0.2, 0) is 0 Å². The molecular formula is C10H21N. The highest BCUT2D eigenvalue weighted by Crippen LogP contribution is 2.28. The fourth-order valence-corrected chi connectivity index (χ4v) is 1.53. The van der Waals surface area contributed by atoms with Gasteiger partial charge in [-0.3, -0.25) is 4.99 Å². The van der Waals surface area contributed by atoms with Crippen LogP contribution in [0.15, 0.2) is 4.99 Å². The van der Waals surface area contributed by atoms with Crippen molar-refractivity contribution in [3.8, 4) is 0 Å². The summed E-state index contributed by atoms with van der Waals surface area (Å²) in [6, 6.07) is 0. The summed E-state index contributed by atoms with van der Waals surface area (Å²) < 4.78 is 0. The standard InChI is InChI=1S/C8H15N.C2H6/c1-6-5-8(3,4)9-7(6)2;1-2/h6H,5H2,1-4H3;1-2H3. The molecule has 1 nitrogen and oxygen atoms in total. The molecule has 1 heteroatoms. The molecule has 0 radical (unpaired) electrons. The topological polar surface area (TPSA) is 12.4 Å². The second-order valence-corrected chi connectivity index (χ2v) is 3.67. The van der Waals surface area contributed by atoms with Gasteiger partial charge >= 0.3 is 0 Å². The Balaban J connectivity index is 0.000000461. The van der Waals surface area contributed by atoms with Crippen molar-refractivity contribution in [2.45, 2.75) is 53.5 Å². The Bertz CT molecular complexity index is 145. The van der Waals surface area contributed by atoms with Crippen LogP contribution in [0.25, 0.3) is 0 Å². The van der Waals surface area contributed by atoms with Gasteiger partial charge in [-0.1, -0.05) is 20.8 Å².